The summed E-state index contributed by atoms with van der Waals surface area (Å²) in [6.07, 6.45) is -4.51. The molecule has 2 rings (SSSR count). The van der Waals surface area contributed by atoms with Crippen LogP contribution in [-0.2, 0) is 12.7 Å². The van der Waals surface area contributed by atoms with Crippen molar-refractivity contribution in [3.63, 3.8) is 0 Å². The van der Waals surface area contributed by atoms with Crippen molar-refractivity contribution < 1.29 is 18.0 Å². The second-order valence-corrected chi connectivity index (χ2v) is 4.94. The Bertz CT molecular complexity index is 696. The van der Waals surface area contributed by atoms with Crippen molar-refractivity contribution in [3.05, 3.63) is 64.5 Å². The maximum atomic E-state index is 12.6. The van der Waals surface area contributed by atoms with Crippen molar-refractivity contribution in [1.29, 1.82) is 0 Å². The number of aromatic nitrogens is 1. The van der Waals surface area contributed by atoms with Crippen molar-refractivity contribution in [1.82, 2.24) is 10.3 Å². The lowest BCUT2D eigenvalue weighted by molar-refractivity contribution is -0.141. The van der Waals surface area contributed by atoms with Crippen molar-refractivity contribution in [2.75, 3.05) is 0 Å². The second kappa shape index (κ2) is 6.17. The smallest absolute Gasteiger partial charge is 0.348 e. The molecule has 116 valence electrons. The SMILES string of the molecule is Cc1ccccc1CNC(=O)c1ccc(C(F)(F)F)nc1C. The first-order valence-corrected chi connectivity index (χ1v) is 6.66. The number of benzene rings is 1. The maximum absolute atomic E-state index is 12.6. The summed E-state index contributed by atoms with van der Waals surface area (Å²) in [6.45, 7) is 3.62. The van der Waals surface area contributed by atoms with Crippen LogP contribution < -0.4 is 5.32 Å². The lowest BCUT2D eigenvalue weighted by Gasteiger charge is -2.11. The number of halogens is 3. The van der Waals surface area contributed by atoms with Crippen molar-refractivity contribution in [3.8, 4) is 0 Å². The fourth-order valence-corrected chi connectivity index (χ4v) is 2.04. The highest BCUT2D eigenvalue weighted by Gasteiger charge is 2.33. The number of nitrogens with one attached hydrogen (secondary N) is 1. The zero-order chi connectivity index (χ0) is 16.3. The number of carbonyl (C=O) groups is 1. The normalized spacial score (nSPS) is 11.3. The molecule has 0 aliphatic rings. The summed E-state index contributed by atoms with van der Waals surface area (Å²) in [5.74, 6) is -0.443. The number of hydrogen-bond acceptors (Lipinski definition) is 2. The van der Waals surface area contributed by atoms with Gasteiger partial charge in [0.15, 0.2) is 0 Å². The van der Waals surface area contributed by atoms with Gasteiger partial charge in [0.1, 0.15) is 5.69 Å². The molecule has 6 heteroatoms. The van der Waals surface area contributed by atoms with E-state index in [1.54, 1.807) is 0 Å². The lowest BCUT2D eigenvalue weighted by Crippen LogP contribution is -2.25. The van der Waals surface area contributed by atoms with E-state index in [4.69, 9.17) is 0 Å². The quantitative estimate of drug-likeness (QED) is 0.940. The summed E-state index contributed by atoms with van der Waals surface area (Å²) >= 11 is 0. The molecule has 3 nitrogen and oxygen atoms in total. The van der Waals surface area contributed by atoms with E-state index in [1.165, 1.54) is 6.92 Å². The van der Waals surface area contributed by atoms with Crippen LogP contribution >= 0.6 is 0 Å². The Morgan fingerprint density at radius 3 is 2.41 bits per heavy atom. The number of hydrogen-bond donors (Lipinski definition) is 1. The van der Waals surface area contributed by atoms with E-state index in [0.717, 1.165) is 23.3 Å². The highest BCUT2D eigenvalue weighted by molar-refractivity contribution is 5.95. The van der Waals surface area contributed by atoms with Crippen molar-refractivity contribution in [2.24, 2.45) is 0 Å². The van der Waals surface area contributed by atoms with E-state index >= 15 is 0 Å². The maximum Gasteiger partial charge on any atom is 0.433 e. The molecule has 0 aliphatic carbocycles. The Balaban J connectivity index is 2.12. The van der Waals surface area contributed by atoms with Crippen LogP contribution in [0.2, 0.25) is 0 Å². The fourth-order valence-electron chi connectivity index (χ4n) is 2.04. The Kier molecular flexibility index (Phi) is 4.49. The van der Waals surface area contributed by atoms with Gasteiger partial charge in [0.2, 0.25) is 0 Å². The summed E-state index contributed by atoms with van der Waals surface area (Å²) in [5.41, 5.74) is 1.18. The molecule has 0 aliphatic heterocycles. The van der Waals surface area contributed by atoms with Crippen LogP contribution in [-0.4, -0.2) is 10.9 Å². The third-order valence-electron chi connectivity index (χ3n) is 3.32. The molecule has 0 bridgehead atoms. The molecule has 1 N–H and O–H groups in total. The van der Waals surface area contributed by atoms with E-state index in [9.17, 15) is 18.0 Å². The van der Waals surface area contributed by atoms with Gasteiger partial charge in [-0.2, -0.15) is 13.2 Å². The van der Waals surface area contributed by atoms with E-state index < -0.39 is 17.8 Å². The molecule has 0 fully saturated rings. The van der Waals surface area contributed by atoms with Crippen LogP contribution in [0.5, 0.6) is 0 Å². The highest BCUT2D eigenvalue weighted by atomic mass is 19.4. The minimum absolute atomic E-state index is 0.0529. The molecular weight excluding hydrogens is 293 g/mol. The number of nitrogens with zero attached hydrogens (tertiary/aromatic N) is 1. The Morgan fingerprint density at radius 1 is 1.14 bits per heavy atom. The number of pyridine rings is 1. The molecule has 1 heterocycles. The van der Waals surface area contributed by atoms with Gasteiger partial charge in [-0.25, -0.2) is 4.98 Å². The van der Waals surface area contributed by atoms with Crippen LogP contribution in [0.3, 0.4) is 0 Å². The van der Waals surface area contributed by atoms with Crippen LogP contribution in [0, 0.1) is 13.8 Å². The van der Waals surface area contributed by atoms with E-state index in [1.807, 2.05) is 31.2 Å². The predicted molar refractivity (Wildman–Crippen MR) is 76.3 cm³/mol. The van der Waals surface area contributed by atoms with Crippen LogP contribution in [0.15, 0.2) is 36.4 Å². The molecule has 2 aromatic rings. The topological polar surface area (TPSA) is 42.0 Å². The first-order valence-electron chi connectivity index (χ1n) is 6.66. The van der Waals surface area contributed by atoms with Gasteiger partial charge in [-0.05, 0) is 37.1 Å². The fraction of sp³-hybridized carbons (Fsp3) is 0.250. The number of amides is 1. The Morgan fingerprint density at radius 2 is 1.82 bits per heavy atom. The van der Waals surface area contributed by atoms with Crippen LogP contribution in [0.4, 0.5) is 13.2 Å². The van der Waals surface area contributed by atoms with E-state index in [-0.39, 0.29) is 11.3 Å². The van der Waals surface area contributed by atoms with Gasteiger partial charge in [-0.1, -0.05) is 24.3 Å². The van der Waals surface area contributed by atoms with Gasteiger partial charge < -0.3 is 5.32 Å². The molecule has 0 atom stereocenters. The van der Waals surface area contributed by atoms with Crippen LogP contribution in [0.1, 0.15) is 32.9 Å². The third-order valence-corrected chi connectivity index (χ3v) is 3.32. The van der Waals surface area contributed by atoms with Gasteiger partial charge in [-0.15, -0.1) is 0 Å². The monoisotopic (exact) mass is 308 g/mol. The van der Waals surface area contributed by atoms with Gasteiger partial charge in [0.05, 0.1) is 11.3 Å². The zero-order valence-corrected chi connectivity index (χ0v) is 12.2. The highest BCUT2D eigenvalue weighted by Crippen LogP contribution is 2.28. The molecule has 0 unspecified atom stereocenters. The summed E-state index contributed by atoms with van der Waals surface area (Å²) in [6, 6.07) is 9.53. The second-order valence-electron chi connectivity index (χ2n) is 4.94. The van der Waals surface area contributed by atoms with Crippen molar-refractivity contribution >= 4 is 5.91 Å². The first-order chi connectivity index (χ1) is 10.3. The number of rotatable bonds is 3. The molecule has 0 saturated heterocycles. The van der Waals surface area contributed by atoms with E-state index in [0.29, 0.717) is 6.54 Å². The third kappa shape index (κ3) is 3.63. The zero-order valence-electron chi connectivity index (χ0n) is 12.2. The predicted octanol–water partition coefficient (Wildman–Crippen LogP) is 3.65. The Hall–Kier alpha value is -2.37. The lowest BCUT2D eigenvalue weighted by atomic mass is 10.1. The van der Waals surface area contributed by atoms with Gasteiger partial charge in [0.25, 0.3) is 5.91 Å². The average Bonchev–Trinajstić information content (AvgIpc) is 2.45. The minimum atomic E-state index is -4.51. The number of carbonyl (C=O) groups excluding carboxylic acids is 1. The summed E-state index contributed by atoms with van der Waals surface area (Å²) < 4.78 is 37.7. The molecule has 1 aromatic carbocycles. The molecule has 1 amide bonds. The standard InChI is InChI=1S/C16H15F3N2O/c1-10-5-3-4-6-12(10)9-20-15(22)13-7-8-14(16(17,18)19)21-11(13)2/h3-8H,9H2,1-2H3,(H,20,22). The van der Waals surface area contributed by atoms with Gasteiger partial charge >= 0.3 is 6.18 Å². The van der Waals surface area contributed by atoms with Gasteiger partial charge in [-0.3, -0.25) is 4.79 Å². The summed E-state index contributed by atoms with van der Waals surface area (Å²) in [7, 11) is 0. The minimum Gasteiger partial charge on any atom is -0.348 e. The number of aryl methyl sites for hydroxylation is 2. The molecule has 1 aromatic heterocycles. The number of alkyl halides is 3. The summed E-state index contributed by atoms with van der Waals surface area (Å²) in [5, 5.41) is 2.69. The molecule has 0 radical (unpaired) electrons. The molecule has 0 saturated carbocycles. The van der Waals surface area contributed by atoms with E-state index in [2.05, 4.69) is 10.3 Å². The Labute approximate surface area is 126 Å². The van der Waals surface area contributed by atoms with Crippen molar-refractivity contribution in [2.45, 2.75) is 26.6 Å². The van der Waals surface area contributed by atoms with Crippen LogP contribution in [0.25, 0.3) is 0 Å². The molecular formula is C16H15F3N2O. The largest absolute Gasteiger partial charge is 0.433 e. The molecule has 22 heavy (non-hydrogen) atoms. The first kappa shape index (κ1) is 16.0. The van der Waals surface area contributed by atoms with Gasteiger partial charge in [0, 0.05) is 6.54 Å². The summed E-state index contributed by atoms with van der Waals surface area (Å²) in [4.78, 5) is 15.5. The molecule has 0 spiro atoms. The average molecular weight is 308 g/mol.